The smallest absolute Gasteiger partial charge is 0.255 e. The highest BCUT2D eigenvalue weighted by atomic mass is 16.1. The second-order valence-corrected chi connectivity index (χ2v) is 3.91. The van der Waals surface area contributed by atoms with Crippen LogP contribution in [0.2, 0.25) is 0 Å². The molecule has 0 saturated heterocycles. The van der Waals surface area contributed by atoms with E-state index < -0.39 is 0 Å². The maximum Gasteiger partial charge on any atom is 0.255 e. The zero-order valence-corrected chi connectivity index (χ0v) is 10.3. The Labute approximate surface area is 107 Å². The van der Waals surface area contributed by atoms with E-state index in [1.807, 2.05) is 61.5 Å². The lowest BCUT2D eigenvalue weighted by molar-refractivity contribution is 0.102. The number of carbonyl (C=O) groups excluding carboxylic acids is 1. The van der Waals surface area contributed by atoms with Crippen molar-refractivity contribution in [1.82, 2.24) is 0 Å². The van der Waals surface area contributed by atoms with Crippen LogP contribution in [0.5, 0.6) is 0 Å². The van der Waals surface area contributed by atoms with Gasteiger partial charge in [-0.1, -0.05) is 48.6 Å². The van der Waals surface area contributed by atoms with Crippen molar-refractivity contribution in [2.24, 2.45) is 0 Å². The van der Waals surface area contributed by atoms with Gasteiger partial charge in [0, 0.05) is 11.3 Å². The fraction of sp³-hybridized carbons (Fsp3) is 0.0625. The van der Waals surface area contributed by atoms with Gasteiger partial charge in [0.15, 0.2) is 0 Å². The summed E-state index contributed by atoms with van der Waals surface area (Å²) in [7, 11) is 0. The number of hydrogen-bond donors (Lipinski definition) is 1. The van der Waals surface area contributed by atoms with Gasteiger partial charge in [0.25, 0.3) is 5.91 Å². The van der Waals surface area contributed by atoms with Crippen molar-refractivity contribution in [2.45, 2.75) is 6.92 Å². The van der Waals surface area contributed by atoms with Crippen LogP contribution in [0.15, 0.2) is 60.7 Å². The molecule has 0 bridgehead atoms. The van der Waals surface area contributed by atoms with E-state index in [4.69, 9.17) is 0 Å². The van der Waals surface area contributed by atoms with Gasteiger partial charge in [0.05, 0.1) is 0 Å². The SMILES string of the molecule is C/C=C/c1ccccc1NC(=O)c1ccccc1. The average molecular weight is 237 g/mol. The monoisotopic (exact) mass is 237 g/mol. The second kappa shape index (κ2) is 5.82. The first kappa shape index (κ1) is 12.1. The quantitative estimate of drug-likeness (QED) is 0.859. The fourth-order valence-corrected chi connectivity index (χ4v) is 1.72. The zero-order chi connectivity index (χ0) is 12.8. The number of rotatable bonds is 3. The molecule has 90 valence electrons. The molecule has 1 N–H and O–H groups in total. The van der Waals surface area contributed by atoms with E-state index >= 15 is 0 Å². The summed E-state index contributed by atoms with van der Waals surface area (Å²) in [5, 5.41) is 2.92. The number of para-hydroxylation sites is 1. The molecule has 18 heavy (non-hydrogen) atoms. The molecule has 0 unspecified atom stereocenters. The zero-order valence-electron chi connectivity index (χ0n) is 10.3. The Bertz CT molecular complexity index is 558. The largest absolute Gasteiger partial charge is 0.321 e. The van der Waals surface area contributed by atoms with Crippen molar-refractivity contribution in [3.8, 4) is 0 Å². The summed E-state index contributed by atoms with van der Waals surface area (Å²) in [5.74, 6) is -0.0902. The molecule has 0 atom stereocenters. The number of nitrogens with one attached hydrogen (secondary N) is 1. The minimum atomic E-state index is -0.0902. The van der Waals surface area contributed by atoms with Gasteiger partial charge < -0.3 is 5.32 Å². The van der Waals surface area contributed by atoms with E-state index in [-0.39, 0.29) is 5.91 Å². The molecule has 2 rings (SSSR count). The van der Waals surface area contributed by atoms with Gasteiger partial charge in [-0.15, -0.1) is 0 Å². The third-order valence-electron chi connectivity index (χ3n) is 2.59. The fourth-order valence-electron chi connectivity index (χ4n) is 1.72. The van der Waals surface area contributed by atoms with Crippen LogP contribution in [0, 0.1) is 0 Å². The normalized spacial score (nSPS) is 10.5. The number of allylic oxidation sites excluding steroid dienone is 1. The number of carbonyl (C=O) groups is 1. The first-order valence-electron chi connectivity index (χ1n) is 5.89. The number of benzene rings is 2. The van der Waals surface area contributed by atoms with E-state index in [0.29, 0.717) is 5.56 Å². The van der Waals surface area contributed by atoms with Gasteiger partial charge in [0.2, 0.25) is 0 Å². The molecule has 2 nitrogen and oxygen atoms in total. The maximum atomic E-state index is 12.0. The Morgan fingerprint density at radius 3 is 2.39 bits per heavy atom. The van der Waals surface area contributed by atoms with Crippen LogP contribution >= 0.6 is 0 Å². The van der Waals surface area contributed by atoms with Gasteiger partial charge in [-0.3, -0.25) is 4.79 Å². The van der Waals surface area contributed by atoms with Crippen molar-refractivity contribution >= 4 is 17.7 Å². The molecule has 1 amide bonds. The summed E-state index contributed by atoms with van der Waals surface area (Å²) in [5.41, 5.74) is 2.49. The first-order valence-corrected chi connectivity index (χ1v) is 5.89. The van der Waals surface area contributed by atoms with Gasteiger partial charge >= 0.3 is 0 Å². The molecular weight excluding hydrogens is 222 g/mol. The van der Waals surface area contributed by atoms with Crippen LogP contribution in [-0.4, -0.2) is 5.91 Å². The minimum absolute atomic E-state index is 0.0902. The van der Waals surface area contributed by atoms with Crippen molar-refractivity contribution in [3.05, 3.63) is 71.8 Å². The molecule has 0 aliphatic rings. The molecule has 2 heteroatoms. The molecular formula is C16H15NO. The van der Waals surface area contributed by atoms with Crippen molar-refractivity contribution < 1.29 is 4.79 Å². The molecule has 0 fully saturated rings. The Morgan fingerprint density at radius 1 is 1.00 bits per heavy atom. The van der Waals surface area contributed by atoms with E-state index in [1.54, 1.807) is 12.1 Å². The first-order chi connectivity index (χ1) is 8.81. The highest BCUT2D eigenvalue weighted by molar-refractivity contribution is 6.05. The Balaban J connectivity index is 2.22. The predicted molar refractivity (Wildman–Crippen MR) is 75.5 cm³/mol. The topological polar surface area (TPSA) is 29.1 Å². The van der Waals surface area contributed by atoms with Crippen LogP contribution in [0.3, 0.4) is 0 Å². The summed E-state index contributed by atoms with van der Waals surface area (Å²) in [4.78, 5) is 12.0. The molecule has 0 heterocycles. The van der Waals surface area contributed by atoms with Crippen LogP contribution < -0.4 is 5.32 Å². The molecule has 0 saturated carbocycles. The third kappa shape index (κ3) is 2.86. The predicted octanol–water partition coefficient (Wildman–Crippen LogP) is 3.97. The summed E-state index contributed by atoms with van der Waals surface area (Å²) < 4.78 is 0. The molecule has 0 spiro atoms. The highest BCUT2D eigenvalue weighted by Crippen LogP contribution is 2.17. The van der Waals surface area contributed by atoms with Crippen LogP contribution in [0.1, 0.15) is 22.8 Å². The minimum Gasteiger partial charge on any atom is -0.321 e. The van der Waals surface area contributed by atoms with Gasteiger partial charge in [-0.2, -0.15) is 0 Å². The summed E-state index contributed by atoms with van der Waals surface area (Å²) in [6.45, 7) is 1.95. The lowest BCUT2D eigenvalue weighted by atomic mass is 10.1. The van der Waals surface area contributed by atoms with E-state index in [9.17, 15) is 4.79 Å². The molecule has 0 aliphatic carbocycles. The molecule has 0 aromatic heterocycles. The maximum absolute atomic E-state index is 12.0. The van der Waals surface area contributed by atoms with Crippen molar-refractivity contribution in [3.63, 3.8) is 0 Å². The number of anilines is 1. The Kier molecular flexibility index (Phi) is 3.92. The third-order valence-corrected chi connectivity index (χ3v) is 2.59. The van der Waals surface area contributed by atoms with Gasteiger partial charge in [0.1, 0.15) is 0 Å². The highest BCUT2D eigenvalue weighted by Gasteiger charge is 2.06. The Hall–Kier alpha value is -2.35. The second-order valence-electron chi connectivity index (χ2n) is 3.91. The molecule has 0 radical (unpaired) electrons. The van der Waals surface area contributed by atoms with Crippen molar-refractivity contribution in [1.29, 1.82) is 0 Å². The molecule has 2 aromatic carbocycles. The standard InChI is InChI=1S/C16H15NO/c1-2-8-13-9-6-7-12-15(13)17-16(18)14-10-4-3-5-11-14/h2-12H,1H3,(H,17,18)/b8-2+. The lowest BCUT2D eigenvalue weighted by Gasteiger charge is -2.08. The van der Waals surface area contributed by atoms with Crippen LogP contribution in [0.4, 0.5) is 5.69 Å². The van der Waals surface area contributed by atoms with Crippen LogP contribution in [0.25, 0.3) is 6.08 Å². The summed E-state index contributed by atoms with van der Waals surface area (Å²) >= 11 is 0. The van der Waals surface area contributed by atoms with Crippen LogP contribution in [-0.2, 0) is 0 Å². The summed E-state index contributed by atoms with van der Waals surface area (Å²) in [6.07, 6.45) is 3.92. The van der Waals surface area contributed by atoms with Gasteiger partial charge in [-0.05, 0) is 30.7 Å². The Morgan fingerprint density at radius 2 is 1.67 bits per heavy atom. The van der Waals surface area contributed by atoms with Gasteiger partial charge in [-0.25, -0.2) is 0 Å². The van der Waals surface area contributed by atoms with E-state index in [2.05, 4.69) is 5.32 Å². The van der Waals surface area contributed by atoms with E-state index in [0.717, 1.165) is 11.3 Å². The summed E-state index contributed by atoms with van der Waals surface area (Å²) in [6, 6.07) is 16.9. The number of hydrogen-bond acceptors (Lipinski definition) is 1. The van der Waals surface area contributed by atoms with Crippen molar-refractivity contribution in [2.75, 3.05) is 5.32 Å². The lowest BCUT2D eigenvalue weighted by Crippen LogP contribution is -2.12. The van der Waals surface area contributed by atoms with E-state index in [1.165, 1.54) is 0 Å². The molecule has 2 aromatic rings. The number of amides is 1. The molecule has 0 aliphatic heterocycles. The average Bonchev–Trinajstić information content (AvgIpc) is 2.42.